The van der Waals surface area contributed by atoms with Gasteiger partial charge in [0.05, 0.1) is 21.5 Å². The molecule has 1 atom stereocenters. The van der Waals surface area contributed by atoms with Crippen molar-refractivity contribution in [2.75, 3.05) is 6.54 Å². The molecule has 4 nitrogen and oxygen atoms in total. The Kier molecular flexibility index (Phi) is 6.76. The van der Waals surface area contributed by atoms with Crippen LogP contribution < -0.4 is 10.6 Å². The maximum atomic E-state index is 12.9. The summed E-state index contributed by atoms with van der Waals surface area (Å²) in [7, 11) is 0. The molecule has 1 aliphatic rings. The fourth-order valence-corrected chi connectivity index (χ4v) is 3.59. The Balaban J connectivity index is 1.70. The van der Waals surface area contributed by atoms with Crippen LogP contribution in [-0.2, 0) is 11.2 Å². The molecular weight excluding hydrogens is 393 g/mol. The highest BCUT2D eigenvalue weighted by molar-refractivity contribution is 6.42. The van der Waals surface area contributed by atoms with E-state index in [2.05, 4.69) is 27.8 Å². The third-order valence-corrected chi connectivity index (χ3v) is 5.38. The van der Waals surface area contributed by atoms with E-state index in [1.54, 1.807) is 12.1 Å². The molecule has 0 aromatic heterocycles. The molecule has 2 aromatic rings. The Labute approximate surface area is 175 Å². The largest absolute Gasteiger partial charge is 0.352 e. The molecule has 0 saturated carbocycles. The number of benzene rings is 2. The van der Waals surface area contributed by atoms with Crippen molar-refractivity contribution >= 4 is 34.9 Å². The van der Waals surface area contributed by atoms with E-state index in [0.717, 1.165) is 29.9 Å². The number of amides is 1. The minimum atomic E-state index is -0.412. The molecule has 2 N–H and O–H groups in total. The monoisotopic (exact) mass is 415 g/mol. The normalized spacial score (nSPS) is 16.4. The summed E-state index contributed by atoms with van der Waals surface area (Å²) in [6, 6.07) is 15.2. The molecule has 28 heavy (non-hydrogen) atoms. The summed E-state index contributed by atoms with van der Waals surface area (Å²) in [4.78, 5) is 17.6. The molecule has 1 aliphatic heterocycles. The second-order valence-corrected chi connectivity index (χ2v) is 7.61. The van der Waals surface area contributed by atoms with Gasteiger partial charge in [0, 0.05) is 12.2 Å². The number of halogens is 2. The highest BCUT2D eigenvalue weighted by Gasteiger charge is 2.28. The molecule has 2 aromatic carbocycles. The number of allylic oxidation sites excluding steroid dienone is 1. The molecular formula is C22H23Cl2N3O. The van der Waals surface area contributed by atoms with Gasteiger partial charge in [0.25, 0.3) is 5.91 Å². The Morgan fingerprint density at radius 1 is 1.11 bits per heavy atom. The summed E-state index contributed by atoms with van der Waals surface area (Å²) in [5, 5.41) is 7.12. The standard InChI is InChI=1S/C22H23Cl2N3O/c1-14-20(22(28)25-12-6-9-16-7-4-3-5-8-16)21(27-15(2)26-14)17-10-11-18(23)19(24)13-17/h3-5,7-8,10-11,13,21H,6,9,12H2,1-2H3,(H,25,28)(H,26,27). The van der Waals surface area contributed by atoms with Crippen LogP contribution in [0.15, 0.2) is 64.8 Å². The molecule has 1 heterocycles. The fraction of sp³-hybridized carbons (Fsp3) is 0.273. The number of hydrogen-bond donors (Lipinski definition) is 2. The van der Waals surface area contributed by atoms with Gasteiger partial charge in [-0.3, -0.25) is 9.79 Å². The number of amidine groups is 1. The zero-order chi connectivity index (χ0) is 20.1. The number of nitrogens with zero attached hydrogens (tertiary/aromatic N) is 1. The number of aliphatic imine (C=N–C) groups is 1. The molecule has 0 spiro atoms. The van der Waals surface area contributed by atoms with Crippen LogP contribution in [0.2, 0.25) is 10.0 Å². The van der Waals surface area contributed by atoms with Gasteiger partial charge in [0.2, 0.25) is 0 Å². The average Bonchev–Trinajstić information content (AvgIpc) is 2.67. The van der Waals surface area contributed by atoms with Crippen molar-refractivity contribution in [3.05, 3.63) is 81.0 Å². The summed E-state index contributed by atoms with van der Waals surface area (Å²) in [5.41, 5.74) is 3.50. The van der Waals surface area contributed by atoms with Crippen LogP contribution in [0.3, 0.4) is 0 Å². The van der Waals surface area contributed by atoms with Gasteiger partial charge in [0.1, 0.15) is 6.04 Å². The summed E-state index contributed by atoms with van der Waals surface area (Å²) in [6.07, 6.45) is 1.79. The van der Waals surface area contributed by atoms with Gasteiger partial charge >= 0.3 is 0 Å². The Bertz CT molecular complexity index is 923. The predicted octanol–water partition coefficient (Wildman–Crippen LogP) is 5.08. The third-order valence-electron chi connectivity index (χ3n) is 4.64. The highest BCUT2D eigenvalue weighted by Crippen LogP contribution is 2.34. The Morgan fingerprint density at radius 3 is 2.57 bits per heavy atom. The van der Waals surface area contributed by atoms with E-state index in [1.807, 2.05) is 38.1 Å². The fourth-order valence-electron chi connectivity index (χ4n) is 3.29. The van der Waals surface area contributed by atoms with E-state index in [9.17, 15) is 4.79 Å². The summed E-state index contributed by atoms with van der Waals surface area (Å²) in [5.74, 6) is 0.639. The SMILES string of the molecule is CC1=NC(c2ccc(Cl)c(Cl)c2)C(C(=O)NCCCc2ccccc2)=C(C)N1. The molecule has 0 fully saturated rings. The van der Waals surface area contributed by atoms with Gasteiger partial charge in [-0.2, -0.15) is 0 Å². The Hall–Kier alpha value is -2.30. The van der Waals surface area contributed by atoms with Gasteiger partial charge in [-0.1, -0.05) is 59.6 Å². The highest BCUT2D eigenvalue weighted by atomic mass is 35.5. The maximum Gasteiger partial charge on any atom is 0.251 e. The van der Waals surface area contributed by atoms with E-state index < -0.39 is 6.04 Å². The van der Waals surface area contributed by atoms with E-state index in [0.29, 0.717) is 22.2 Å². The predicted molar refractivity (Wildman–Crippen MR) is 116 cm³/mol. The molecule has 0 saturated heterocycles. The average molecular weight is 416 g/mol. The van der Waals surface area contributed by atoms with Crippen molar-refractivity contribution in [1.82, 2.24) is 10.6 Å². The first-order chi connectivity index (χ1) is 13.5. The molecule has 146 valence electrons. The van der Waals surface area contributed by atoms with Crippen LogP contribution in [0.5, 0.6) is 0 Å². The molecule has 1 unspecified atom stereocenters. The topological polar surface area (TPSA) is 53.5 Å². The number of carbonyl (C=O) groups excluding carboxylic acids is 1. The van der Waals surface area contributed by atoms with Crippen molar-refractivity contribution in [2.24, 2.45) is 4.99 Å². The lowest BCUT2D eigenvalue weighted by molar-refractivity contribution is -0.117. The first-order valence-electron chi connectivity index (χ1n) is 9.25. The third kappa shape index (κ3) is 4.94. The summed E-state index contributed by atoms with van der Waals surface area (Å²) >= 11 is 12.2. The first kappa shape index (κ1) is 20.4. The van der Waals surface area contributed by atoms with Crippen molar-refractivity contribution in [3.8, 4) is 0 Å². The van der Waals surface area contributed by atoms with E-state index in [-0.39, 0.29) is 5.91 Å². The summed E-state index contributed by atoms with van der Waals surface area (Å²) < 4.78 is 0. The van der Waals surface area contributed by atoms with Crippen LogP contribution in [0.25, 0.3) is 0 Å². The molecule has 0 radical (unpaired) electrons. The van der Waals surface area contributed by atoms with Gasteiger partial charge in [-0.05, 0) is 49.9 Å². The van der Waals surface area contributed by atoms with Crippen LogP contribution in [0, 0.1) is 0 Å². The van der Waals surface area contributed by atoms with Crippen LogP contribution >= 0.6 is 23.2 Å². The molecule has 0 aliphatic carbocycles. The minimum Gasteiger partial charge on any atom is -0.352 e. The zero-order valence-corrected chi connectivity index (χ0v) is 17.4. The maximum absolute atomic E-state index is 12.9. The quantitative estimate of drug-likeness (QED) is 0.646. The number of nitrogens with one attached hydrogen (secondary N) is 2. The van der Waals surface area contributed by atoms with E-state index in [1.165, 1.54) is 5.56 Å². The van der Waals surface area contributed by atoms with Crippen molar-refractivity contribution < 1.29 is 4.79 Å². The van der Waals surface area contributed by atoms with E-state index >= 15 is 0 Å². The smallest absolute Gasteiger partial charge is 0.251 e. The lowest BCUT2D eigenvalue weighted by Crippen LogP contribution is -2.35. The van der Waals surface area contributed by atoms with Crippen LogP contribution in [-0.4, -0.2) is 18.3 Å². The second-order valence-electron chi connectivity index (χ2n) is 6.80. The molecule has 0 bridgehead atoms. The van der Waals surface area contributed by atoms with Crippen molar-refractivity contribution in [2.45, 2.75) is 32.7 Å². The lowest BCUT2D eigenvalue weighted by Gasteiger charge is -2.25. The lowest BCUT2D eigenvalue weighted by atomic mass is 9.95. The van der Waals surface area contributed by atoms with Gasteiger partial charge in [-0.25, -0.2) is 0 Å². The number of hydrogen-bond acceptors (Lipinski definition) is 3. The molecule has 6 heteroatoms. The minimum absolute atomic E-state index is 0.120. The number of carbonyl (C=O) groups is 1. The molecule has 3 rings (SSSR count). The molecule has 1 amide bonds. The van der Waals surface area contributed by atoms with Crippen LogP contribution in [0.4, 0.5) is 0 Å². The van der Waals surface area contributed by atoms with E-state index in [4.69, 9.17) is 23.2 Å². The Morgan fingerprint density at radius 2 is 1.86 bits per heavy atom. The zero-order valence-electron chi connectivity index (χ0n) is 15.9. The van der Waals surface area contributed by atoms with Gasteiger partial charge in [-0.15, -0.1) is 0 Å². The first-order valence-corrected chi connectivity index (χ1v) is 10.0. The van der Waals surface area contributed by atoms with Gasteiger partial charge < -0.3 is 10.6 Å². The van der Waals surface area contributed by atoms with Crippen LogP contribution in [0.1, 0.15) is 37.4 Å². The second kappa shape index (κ2) is 9.26. The van der Waals surface area contributed by atoms with Crippen molar-refractivity contribution in [1.29, 1.82) is 0 Å². The van der Waals surface area contributed by atoms with Crippen molar-refractivity contribution in [3.63, 3.8) is 0 Å². The van der Waals surface area contributed by atoms with Gasteiger partial charge in [0.15, 0.2) is 0 Å². The number of aryl methyl sites for hydroxylation is 1. The number of rotatable bonds is 6. The summed E-state index contributed by atoms with van der Waals surface area (Å²) in [6.45, 7) is 4.37.